The molecule has 1 aliphatic rings. The SMILES string of the molecule is OC(Cc1cn2ccsc2n1)C1CCCNC1. The lowest BCUT2D eigenvalue weighted by atomic mass is 9.91. The summed E-state index contributed by atoms with van der Waals surface area (Å²) in [6.07, 6.45) is 6.71. The number of nitrogens with zero attached hydrogens (tertiary/aromatic N) is 2. The molecule has 0 radical (unpaired) electrons. The van der Waals surface area contributed by atoms with E-state index in [1.54, 1.807) is 11.3 Å². The van der Waals surface area contributed by atoms with Crippen LogP contribution in [0.4, 0.5) is 0 Å². The van der Waals surface area contributed by atoms with E-state index in [1.807, 2.05) is 22.2 Å². The summed E-state index contributed by atoms with van der Waals surface area (Å²) < 4.78 is 2.02. The Hall–Kier alpha value is -0.910. The molecule has 5 heteroatoms. The van der Waals surface area contributed by atoms with Crippen molar-refractivity contribution in [2.75, 3.05) is 13.1 Å². The van der Waals surface area contributed by atoms with Crippen LogP contribution in [0.2, 0.25) is 0 Å². The average Bonchev–Trinajstić information content (AvgIpc) is 2.90. The highest BCUT2D eigenvalue weighted by molar-refractivity contribution is 7.15. The highest BCUT2D eigenvalue weighted by atomic mass is 32.1. The Labute approximate surface area is 104 Å². The van der Waals surface area contributed by atoms with Crippen molar-refractivity contribution in [3.05, 3.63) is 23.5 Å². The standard InChI is InChI=1S/C12H17N3OS/c16-11(9-2-1-3-13-7-9)6-10-8-15-4-5-17-12(15)14-10/h4-5,8-9,11,13,16H,1-3,6-7H2. The minimum atomic E-state index is -0.271. The molecule has 0 saturated carbocycles. The summed E-state index contributed by atoms with van der Waals surface area (Å²) in [7, 11) is 0. The van der Waals surface area contributed by atoms with Gasteiger partial charge in [-0.05, 0) is 25.3 Å². The van der Waals surface area contributed by atoms with E-state index in [9.17, 15) is 5.11 Å². The van der Waals surface area contributed by atoms with Gasteiger partial charge in [0.25, 0.3) is 0 Å². The molecule has 3 heterocycles. The third-order valence-corrected chi connectivity index (χ3v) is 4.21. The van der Waals surface area contributed by atoms with E-state index < -0.39 is 0 Å². The minimum absolute atomic E-state index is 0.271. The number of aromatic nitrogens is 2. The maximum absolute atomic E-state index is 10.2. The summed E-state index contributed by atoms with van der Waals surface area (Å²) in [6, 6.07) is 0. The predicted molar refractivity (Wildman–Crippen MR) is 68.4 cm³/mol. The zero-order valence-corrected chi connectivity index (χ0v) is 10.5. The van der Waals surface area contributed by atoms with Crippen LogP contribution in [0.1, 0.15) is 18.5 Å². The smallest absolute Gasteiger partial charge is 0.193 e. The summed E-state index contributed by atoms with van der Waals surface area (Å²) >= 11 is 1.63. The number of hydrogen-bond acceptors (Lipinski definition) is 4. The van der Waals surface area contributed by atoms with Crippen LogP contribution >= 0.6 is 11.3 Å². The normalized spacial score (nSPS) is 23.0. The fraction of sp³-hybridized carbons (Fsp3) is 0.583. The molecule has 0 amide bonds. The lowest BCUT2D eigenvalue weighted by Crippen LogP contribution is -2.37. The topological polar surface area (TPSA) is 49.6 Å². The van der Waals surface area contributed by atoms with Crippen molar-refractivity contribution >= 4 is 16.3 Å². The number of thiazole rings is 1. The Bertz CT molecular complexity index is 458. The fourth-order valence-corrected chi connectivity index (χ4v) is 3.18. The van der Waals surface area contributed by atoms with Gasteiger partial charge in [0.05, 0.1) is 11.8 Å². The van der Waals surface area contributed by atoms with Crippen LogP contribution in [0.3, 0.4) is 0 Å². The number of hydrogen-bond donors (Lipinski definition) is 2. The first-order valence-corrected chi connectivity index (χ1v) is 7.01. The van der Waals surface area contributed by atoms with E-state index >= 15 is 0 Å². The molecule has 1 fully saturated rings. The number of rotatable bonds is 3. The fourth-order valence-electron chi connectivity index (χ4n) is 2.46. The Balaban J connectivity index is 1.67. The molecule has 2 N–H and O–H groups in total. The molecule has 1 aliphatic heterocycles. The summed E-state index contributed by atoms with van der Waals surface area (Å²) in [5, 5.41) is 15.6. The molecule has 0 spiro atoms. The first-order chi connectivity index (χ1) is 8.33. The zero-order chi connectivity index (χ0) is 11.7. The van der Waals surface area contributed by atoms with Crippen LogP contribution < -0.4 is 5.32 Å². The summed E-state index contributed by atoms with van der Waals surface area (Å²) in [4.78, 5) is 5.52. The molecule has 92 valence electrons. The second-order valence-corrected chi connectivity index (χ2v) is 5.58. The Kier molecular flexibility index (Phi) is 3.13. The second-order valence-electron chi connectivity index (χ2n) is 4.70. The summed E-state index contributed by atoms with van der Waals surface area (Å²) in [5.74, 6) is 0.378. The van der Waals surface area contributed by atoms with E-state index in [0.29, 0.717) is 12.3 Å². The molecule has 0 aliphatic carbocycles. The van der Waals surface area contributed by atoms with Gasteiger partial charge in [-0.2, -0.15) is 0 Å². The molecule has 0 aromatic carbocycles. The van der Waals surface area contributed by atoms with Gasteiger partial charge in [0.1, 0.15) is 0 Å². The largest absolute Gasteiger partial charge is 0.392 e. The molecule has 1 saturated heterocycles. The maximum atomic E-state index is 10.2. The van der Waals surface area contributed by atoms with E-state index in [0.717, 1.165) is 30.2 Å². The van der Waals surface area contributed by atoms with Gasteiger partial charge in [0.15, 0.2) is 4.96 Å². The van der Waals surface area contributed by atoms with Crippen LogP contribution in [0.5, 0.6) is 0 Å². The number of fused-ring (bicyclic) bond motifs is 1. The third kappa shape index (κ3) is 2.36. The molecular formula is C12H17N3OS. The van der Waals surface area contributed by atoms with Crippen molar-refractivity contribution in [2.24, 2.45) is 5.92 Å². The molecule has 4 nitrogen and oxygen atoms in total. The van der Waals surface area contributed by atoms with Gasteiger partial charge in [0.2, 0.25) is 0 Å². The summed E-state index contributed by atoms with van der Waals surface area (Å²) in [6.45, 7) is 2.02. The quantitative estimate of drug-likeness (QED) is 0.864. The number of piperidine rings is 1. The van der Waals surface area contributed by atoms with Crippen molar-refractivity contribution in [3.8, 4) is 0 Å². The van der Waals surface area contributed by atoms with Gasteiger partial charge in [-0.25, -0.2) is 4.98 Å². The van der Waals surface area contributed by atoms with E-state index in [2.05, 4.69) is 10.3 Å². The molecule has 3 rings (SSSR count). The van der Waals surface area contributed by atoms with Gasteiger partial charge in [-0.1, -0.05) is 0 Å². The van der Waals surface area contributed by atoms with Crippen molar-refractivity contribution < 1.29 is 5.11 Å². The number of nitrogens with one attached hydrogen (secondary N) is 1. The van der Waals surface area contributed by atoms with Gasteiger partial charge in [0, 0.05) is 30.7 Å². The van der Waals surface area contributed by atoms with Gasteiger partial charge >= 0.3 is 0 Å². The van der Waals surface area contributed by atoms with E-state index in [1.165, 1.54) is 6.42 Å². The van der Waals surface area contributed by atoms with Crippen LogP contribution in [0.25, 0.3) is 4.96 Å². The van der Waals surface area contributed by atoms with Crippen LogP contribution in [-0.2, 0) is 6.42 Å². The molecule has 17 heavy (non-hydrogen) atoms. The zero-order valence-electron chi connectivity index (χ0n) is 9.67. The van der Waals surface area contributed by atoms with Crippen LogP contribution in [0.15, 0.2) is 17.8 Å². The molecule has 2 atom stereocenters. The first-order valence-electron chi connectivity index (χ1n) is 6.13. The monoisotopic (exact) mass is 251 g/mol. The Morgan fingerprint density at radius 1 is 1.65 bits per heavy atom. The minimum Gasteiger partial charge on any atom is -0.392 e. The van der Waals surface area contributed by atoms with Gasteiger partial charge < -0.3 is 10.4 Å². The first kappa shape index (κ1) is 11.2. The van der Waals surface area contributed by atoms with Crippen molar-refractivity contribution in [3.63, 3.8) is 0 Å². The van der Waals surface area contributed by atoms with Gasteiger partial charge in [-0.3, -0.25) is 4.40 Å². The predicted octanol–water partition coefficient (Wildman–Crippen LogP) is 1.30. The van der Waals surface area contributed by atoms with Crippen molar-refractivity contribution in [1.29, 1.82) is 0 Å². The lowest BCUT2D eigenvalue weighted by Gasteiger charge is -2.26. The van der Waals surface area contributed by atoms with E-state index in [-0.39, 0.29) is 6.10 Å². The molecule has 2 aromatic rings. The van der Waals surface area contributed by atoms with Gasteiger partial charge in [-0.15, -0.1) is 11.3 Å². The lowest BCUT2D eigenvalue weighted by molar-refractivity contribution is 0.0914. The highest BCUT2D eigenvalue weighted by Crippen LogP contribution is 2.19. The maximum Gasteiger partial charge on any atom is 0.193 e. The van der Waals surface area contributed by atoms with Crippen molar-refractivity contribution in [1.82, 2.24) is 14.7 Å². The Morgan fingerprint density at radius 2 is 2.59 bits per heavy atom. The number of imidazole rings is 1. The van der Waals surface area contributed by atoms with E-state index in [4.69, 9.17) is 0 Å². The second kappa shape index (κ2) is 4.76. The van der Waals surface area contributed by atoms with Crippen LogP contribution in [-0.4, -0.2) is 33.7 Å². The molecule has 2 unspecified atom stereocenters. The number of aliphatic hydroxyl groups is 1. The molecule has 0 bridgehead atoms. The number of aliphatic hydroxyl groups excluding tert-OH is 1. The van der Waals surface area contributed by atoms with Crippen LogP contribution in [0, 0.1) is 5.92 Å². The molecular weight excluding hydrogens is 234 g/mol. The highest BCUT2D eigenvalue weighted by Gasteiger charge is 2.22. The average molecular weight is 251 g/mol. The van der Waals surface area contributed by atoms with Crippen molar-refractivity contribution in [2.45, 2.75) is 25.4 Å². The third-order valence-electron chi connectivity index (χ3n) is 3.44. The summed E-state index contributed by atoms with van der Waals surface area (Å²) in [5.41, 5.74) is 0.995. The molecule has 2 aromatic heterocycles. The Morgan fingerprint density at radius 3 is 3.35 bits per heavy atom.